The number of carbonyl (C=O) groups is 2. The monoisotopic (exact) mass is 259 g/mol. The van der Waals surface area contributed by atoms with Crippen LogP contribution in [0.2, 0.25) is 0 Å². The van der Waals surface area contributed by atoms with Crippen LogP contribution >= 0.6 is 0 Å². The number of rotatable bonds is 5. The molecule has 4 nitrogen and oxygen atoms in total. The zero-order valence-electron chi connectivity index (χ0n) is 10.9. The van der Waals surface area contributed by atoms with Crippen LogP contribution in [0.3, 0.4) is 0 Å². The van der Waals surface area contributed by atoms with Gasteiger partial charge in [-0.25, -0.2) is 4.79 Å². The summed E-state index contributed by atoms with van der Waals surface area (Å²) >= 11 is 0. The second-order valence-corrected chi connectivity index (χ2v) is 4.64. The third kappa shape index (κ3) is 4.58. The molecule has 1 fully saturated rings. The van der Waals surface area contributed by atoms with Crippen LogP contribution in [0.4, 0.5) is 0 Å². The quantitative estimate of drug-likeness (QED) is 0.648. The predicted molar refractivity (Wildman–Crippen MR) is 72.3 cm³/mol. The molecule has 0 heterocycles. The molecule has 0 aromatic heterocycles. The van der Waals surface area contributed by atoms with Crippen LogP contribution in [0.25, 0.3) is 6.08 Å². The van der Waals surface area contributed by atoms with E-state index in [2.05, 4.69) is 5.32 Å². The number of hydrogen-bond donors (Lipinski definition) is 1. The smallest absolute Gasteiger partial charge is 0.331 e. The topological polar surface area (TPSA) is 55.4 Å². The highest BCUT2D eigenvalue weighted by Gasteiger charge is 2.23. The zero-order valence-corrected chi connectivity index (χ0v) is 10.9. The van der Waals surface area contributed by atoms with E-state index in [1.807, 2.05) is 31.2 Å². The Bertz CT molecular complexity index is 504. The molecule has 1 aliphatic rings. The van der Waals surface area contributed by atoms with Gasteiger partial charge in [-0.15, -0.1) is 0 Å². The van der Waals surface area contributed by atoms with Gasteiger partial charge < -0.3 is 10.1 Å². The minimum atomic E-state index is -0.505. The van der Waals surface area contributed by atoms with E-state index in [0.717, 1.165) is 24.0 Å². The molecule has 1 aromatic carbocycles. The molecule has 4 heteroatoms. The van der Waals surface area contributed by atoms with Gasteiger partial charge in [-0.3, -0.25) is 4.79 Å². The summed E-state index contributed by atoms with van der Waals surface area (Å²) in [6, 6.07) is 8.01. The Balaban J connectivity index is 1.77. The fourth-order valence-electron chi connectivity index (χ4n) is 1.61. The minimum absolute atomic E-state index is 0.215. The van der Waals surface area contributed by atoms with Crippen LogP contribution in [-0.2, 0) is 14.3 Å². The Hall–Kier alpha value is -2.10. The number of carbonyl (C=O) groups excluding carboxylic acids is 2. The fraction of sp³-hybridized carbons (Fsp3) is 0.333. The van der Waals surface area contributed by atoms with Crippen LogP contribution in [0.5, 0.6) is 0 Å². The number of ether oxygens (including phenoxy) is 1. The second-order valence-electron chi connectivity index (χ2n) is 4.64. The second kappa shape index (κ2) is 6.18. The standard InChI is InChI=1S/C15H17NO3/c1-11-4-2-3-5-12(11)6-9-15(18)19-10-14(17)16-13-7-8-13/h2-6,9,13H,7-8,10H2,1H3,(H,16,17)/b9-6+. The molecule has 2 rings (SSSR count). The van der Waals surface area contributed by atoms with Gasteiger partial charge in [-0.05, 0) is 37.0 Å². The molecule has 0 spiro atoms. The lowest BCUT2D eigenvalue weighted by Crippen LogP contribution is -2.30. The van der Waals surface area contributed by atoms with E-state index < -0.39 is 5.97 Å². The van der Waals surface area contributed by atoms with E-state index in [9.17, 15) is 9.59 Å². The molecule has 0 saturated heterocycles. The summed E-state index contributed by atoms with van der Waals surface area (Å²) in [5.41, 5.74) is 2.04. The third-order valence-electron chi connectivity index (χ3n) is 2.88. The van der Waals surface area contributed by atoms with E-state index in [0.29, 0.717) is 0 Å². The van der Waals surface area contributed by atoms with Gasteiger partial charge in [-0.1, -0.05) is 24.3 Å². The molecule has 100 valence electrons. The molecule has 0 bridgehead atoms. The Morgan fingerprint density at radius 2 is 2.11 bits per heavy atom. The van der Waals surface area contributed by atoms with Crippen molar-refractivity contribution in [3.8, 4) is 0 Å². The molecule has 1 aromatic rings. The summed E-state index contributed by atoms with van der Waals surface area (Å²) in [6.07, 6.45) is 5.07. The first-order valence-corrected chi connectivity index (χ1v) is 6.35. The molecular weight excluding hydrogens is 242 g/mol. The Morgan fingerprint density at radius 1 is 1.37 bits per heavy atom. The van der Waals surface area contributed by atoms with Gasteiger partial charge in [0.2, 0.25) is 0 Å². The highest BCUT2D eigenvalue weighted by atomic mass is 16.5. The van der Waals surface area contributed by atoms with Gasteiger partial charge in [0.05, 0.1) is 0 Å². The normalized spacial score (nSPS) is 14.4. The number of esters is 1. The molecule has 0 atom stereocenters. The van der Waals surface area contributed by atoms with Gasteiger partial charge >= 0.3 is 5.97 Å². The predicted octanol–water partition coefficient (Wildman–Crippen LogP) is 1.83. The molecule has 1 N–H and O–H groups in total. The van der Waals surface area contributed by atoms with Crippen LogP contribution in [-0.4, -0.2) is 24.5 Å². The van der Waals surface area contributed by atoms with E-state index in [-0.39, 0.29) is 18.6 Å². The van der Waals surface area contributed by atoms with Crippen molar-refractivity contribution in [3.63, 3.8) is 0 Å². The van der Waals surface area contributed by atoms with Crippen molar-refractivity contribution in [2.75, 3.05) is 6.61 Å². The van der Waals surface area contributed by atoms with E-state index in [4.69, 9.17) is 4.74 Å². The molecule has 0 unspecified atom stereocenters. The highest BCUT2D eigenvalue weighted by Crippen LogP contribution is 2.18. The molecule has 1 aliphatic carbocycles. The molecule has 0 radical (unpaired) electrons. The summed E-state index contributed by atoms with van der Waals surface area (Å²) in [6.45, 7) is 1.75. The Kier molecular flexibility index (Phi) is 4.34. The summed E-state index contributed by atoms with van der Waals surface area (Å²) < 4.78 is 4.86. The van der Waals surface area contributed by atoms with Gasteiger partial charge in [0, 0.05) is 12.1 Å². The van der Waals surface area contributed by atoms with E-state index in [1.165, 1.54) is 6.08 Å². The zero-order chi connectivity index (χ0) is 13.7. The molecule has 0 aliphatic heterocycles. The highest BCUT2D eigenvalue weighted by molar-refractivity contribution is 5.89. The Labute approximate surface area is 112 Å². The van der Waals surface area contributed by atoms with Gasteiger partial charge in [0.25, 0.3) is 5.91 Å². The maximum absolute atomic E-state index is 11.4. The van der Waals surface area contributed by atoms with Crippen molar-refractivity contribution in [1.82, 2.24) is 5.32 Å². The van der Waals surface area contributed by atoms with Crippen LogP contribution < -0.4 is 5.32 Å². The number of amides is 1. The van der Waals surface area contributed by atoms with Crippen LogP contribution in [0, 0.1) is 6.92 Å². The van der Waals surface area contributed by atoms with E-state index in [1.54, 1.807) is 6.08 Å². The first-order valence-electron chi connectivity index (χ1n) is 6.35. The number of hydrogen-bond acceptors (Lipinski definition) is 3. The number of aryl methyl sites for hydroxylation is 1. The Morgan fingerprint density at radius 3 is 2.79 bits per heavy atom. The molecular formula is C15H17NO3. The number of nitrogens with one attached hydrogen (secondary N) is 1. The van der Waals surface area contributed by atoms with Gasteiger partial charge in [-0.2, -0.15) is 0 Å². The maximum atomic E-state index is 11.4. The lowest BCUT2D eigenvalue weighted by atomic mass is 10.1. The maximum Gasteiger partial charge on any atom is 0.331 e. The van der Waals surface area contributed by atoms with Crippen molar-refractivity contribution in [3.05, 3.63) is 41.5 Å². The van der Waals surface area contributed by atoms with Gasteiger partial charge in [0.1, 0.15) is 0 Å². The third-order valence-corrected chi connectivity index (χ3v) is 2.88. The number of benzene rings is 1. The molecule has 1 amide bonds. The average molecular weight is 259 g/mol. The van der Waals surface area contributed by atoms with Crippen LogP contribution in [0.15, 0.2) is 30.3 Å². The molecule has 19 heavy (non-hydrogen) atoms. The minimum Gasteiger partial charge on any atom is -0.452 e. The SMILES string of the molecule is Cc1ccccc1/C=C/C(=O)OCC(=O)NC1CC1. The average Bonchev–Trinajstić information content (AvgIpc) is 3.19. The molecule has 1 saturated carbocycles. The summed E-state index contributed by atoms with van der Waals surface area (Å²) in [5.74, 6) is -0.741. The summed E-state index contributed by atoms with van der Waals surface area (Å²) in [7, 11) is 0. The van der Waals surface area contributed by atoms with Crippen molar-refractivity contribution in [2.24, 2.45) is 0 Å². The fourth-order valence-corrected chi connectivity index (χ4v) is 1.61. The lowest BCUT2D eigenvalue weighted by molar-refractivity contribution is -0.143. The van der Waals surface area contributed by atoms with Crippen molar-refractivity contribution < 1.29 is 14.3 Å². The van der Waals surface area contributed by atoms with Crippen molar-refractivity contribution in [1.29, 1.82) is 0 Å². The largest absolute Gasteiger partial charge is 0.452 e. The van der Waals surface area contributed by atoms with Crippen molar-refractivity contribution >= 4 is 18.0 Å². The van der Waals surface area contributed by atoms with E-state index >= 15 is 0 Å². The lowest BCUT2D eigenvalue weighted by Gasteiger charge is -2.03. The summed E-state index contributed by atoms with van der Waals surface area (Å²) in [5, 5.41) is 2.75. The first-order chi connectivity index (χ1) is 9.15. The first kappa shape index (κ1) is 13.3. The summed E-state index contributed by atoms with van der Waals surface area (Å²) in [4.78, 5) is 22.8. The van der Waals surface area contributed by atoms with Crippen LogP contribution in [0.1, 0.15) is 24.0 Å². The van der Waals surface area contributed by atoms with Crippen molar-refractivity contribution in [2.45, 2.75) is 25.8 Å². The van der Waals surface area contributed by atoms with Gasteiger partial charge in [0.15, 0.2) is 6.61 Å².